The number of nitrogens with two attached hydrogens (primary N) is 1. The van der Waals surface area contributed by atoms with Crippen molar-refractivity contribution in [2.24, 2.45) is 0 Å². The van der Waals surface area contributed by atoms with Crippen LogP contribution in [-0.2, 0) is 6.42 Å². The smallest absolute Gasteiger partial charge is 0.122 e. The minimum absolute atomic E-state index is 0.486. The molecule has 3 nitrogen and oxygen atoms in total. The molecule has 0 heterocycles. The highest BCUT2D eigenvalue weighted by Crippen LogP contribution is 2.22. The van der Waals surface area contributed by atoms with Crippen LogP contribution in [0.25, 0.3) is 0 Å². The summed E-state index contributed by atoms with van der Waals surface area (Å²) in [5, 5.41) is 8.44. The van der Waals surface area contributed by atoms with E-state index < -0.39 is 0 Å². The maximum Gasteiger partial charge on any atom is 0.122 e. The highest BCUT2D eigenvalue weighted by Gasteiger charge is 2.02. The maximum atomic E-state index is 8.44. The highest BCUT2D eigenvalue weighted by molar-refractivity contribution is 5.48. The van der Waals surface area contributed by atoms with Gasteiger partial charge < -0.3 is 10.5 Å². The maximum absolute atomic E-state index is 8.44. The molecule has 0 saturated carbocycles. The molecular formula is C10H12N2O. The van der Waals surface area contributed by atoms with E-state index in [0.717, 1.165) is 11.3 Å². The number of nitrogens with zero attached hydrogens (tertiary/aromatic N) is 1. The van der Waals surface area contributed by atoms with Gasteiger partial charge in [-0.2, -0.15) is 5.26 Å². The first-order valence-electron chi connectivity index (χ1n) is 4.07. The van der Waals surface area contributed by atoms with Gasteiger partial charge in [-0.1, -0.05) is 0 Å². The van der Waals surface area contributed by atoms with Crippen LogP contribution in [0.2, 0.25) is 0 Å². The third kappa shape index (κ3) is 2.38. The van der Waals surface area contributed by atoms with Gasteiger partial charge in [0.1, 0.15) is 5.75 Å². The summed E-state index contributed by atoms with van der Waals surface area (Å²) in [6, 6.07) is 7.54. The van der Waals surface area contributed by atoms with Gasteiger partial charge >= 0.3 is 0 Å². The molecule has 0 aromatic heterocycles. The van der Waals surface area contributed by atoms with E-state index in [1.54, 1.807) is 13.2 Å². The number of anilines is 1. The molecule has 68 valence electrons. The van der Waals surface area contributed by atoms with E-state index in [0.29, 0.717) is 18.5 Å². The van der Waals surface area contributed by atoms with Gasteiger partial charge in [-0.3, -0.25) is 0 Å². The molecule has 0 aliphatic rings. The number of benzene rings is 1. The lowest BCUT2D eigenvalue weighted by molar-refractivity contribution is 0.410. The number of methoxy groups -OCH3 is 1. The van der Waals surface area contributed by atoms with Crippen molar-refractivity contribution in [2.45, 2.75) is 12.8 Å². The van der Waals surface area contributed by atoms with Gasteiger partial charge in [0.15, 0.2) is 0 Å². The third-order valence-corrected chi connectivity index (χ3v) is 1.81. The Labute approximate surface area is 77.7 Å². The first kappa shape index (κ1) is 9.40. The lowest BCUT2D eigenvalue weighted by Gasteiger charge is -2.07. The number of hydrogen-bond donors (Lipinski definition) is 1. The number of ether oxygens (including phenoxy) is 1. The summed E-state index contributed by atoms with van der Waals surface area (Å²) in [5.41, 5.74) is 7.31. The van der Waals surface area contributed by atoms with Crippen molar-refractivity contribution in [3.8, 4) is 11.8 Å². The summed E-state index contributed by atoms with van der Waals surface area (Å²) in [7, 11) is 1.61. The Hall–Kier alpha value is -1.69. The monoisotopic (exact) mass is 176 g/mol. The molecule has 0 unspecified atom stereocenters. The van der Waals surface area contributed by atoms with E-state index in [2.05, 4.69) is 6.07 Å². The molecular weight excluding hydrogens is 164 g/mol. The minimum Gasteiger partial charge on any atom is -0.496 e. The Morgan fingerprint density at radius 1 is 1.54 bits per heavy atom. The Kier molecular flexibility index (Phi) is 3.15. The number of rotatable bonds is 3. The highest BCUT2D eigenvalue weighted by atomic mass is 16.5. The van der Waals surface area contributed by atoms with Gasteiger partial charge in [0.05, 0.1) is 13.2 Å². The van der Waals surface area contributed by atoms with Gasteiger partial charge in [0.2, 0.25) is 0 Å². The topological polar surface area (TPSA) is 59.0 Å². The molecule has 1 rings (SSSR count). The van der Waals surface area contributed by atoms with E-state index in [9.17, 15) is 0 Å². The van der Waals surface area contributed by atoms with Gasteiger partial charge in [-0.15, -0.1) is 0 Å². The van der Waals surface area contributed by atoms with Crippen LogP contribution in [0.4, 0.5) is 5.69 Å². The first-order chi connectivity index (χ1) is 6.27. The minimum atomic E-state index is 0.486. The van der Waals surface area contributed by atoms with Crippen LogP contribution in [0.15, 0.2) is 18.2 Å². The molecule has 0 saturated heterocycles. The Balaban J connectivity index is 2.89. The Morgan fingerprint density at radius 2 is 2.31 bits per heavy atom. The van der Waals surface area contributed by atoms with Crippen molar-refractivity contribution in [3.05, 3.63) is 23.8 Å². The second-order valence-corrected chi connectivity index (χ2v) is 2.73. The Bertz CT molecular complexity index is 328. The molecule has 0 spiro atoms. The molecule has 0 aliphatic heterocycles. The van der Waals surface area contributed by atoms with Crippen molar-refractivity contribution in [1.29, 1.82) is 5.26 Å². The first-order valence-corrected chi connectivity index (χ1v) is 4.07. The molecule has 1 aromatic carbocycles. The molecule has 3 heteroatoms. The molecule has 13 heavy (non-hydrogen) atoms. The zero-order valence-corrected chi connectivity index (χ0v) is 7.58. The SMILES string of the molecule is COc1ccc(N)cc1CCC#N. The zero-order chi connectivity index (χ0) is 9.68. The van der Waals surface area contributed by atoms with Crippen LogP contribution in [0, 0.1) is 11.3 Å². The van der Waals surface area contributed by atoms with Crippen molar-refractivity contribution in [2.75, 3.05) is 12.8 Å². The predicted octanol–water partition coefficient (Wildman–Crippen LogP) is 1.73. The van der Waals surface area contributed by atoms with Gasteiger partial charge in [0.25, 0.3) is 0 Å². The normalized spacial score (nSPS) is 9.23. The molecule has 0 atom stereocenters. The quantitative estimate of drug-likeness (QED) is 0.713. The number of nitrogen functional groups attached to an aromatic ring is 1. The van der Waals surface area contributed by atoms with Crippen LogP contribution >= 0.6 is 0 Å². The summed E-state index contributed by atoms with van der Waals surface area (Å²) < 4.78 is 5.13. The van der Waals surface area contributed by atoms with Crippen molar-refractivity contribution in [1.82, 2.24) is 0 Å². The third-order valence-electron chi connectivity index (χ3n) is 1.81. The van der Waals surface area contributed by atoms with Crippen molar-refractivity contribution < 1.29 is 4.74 Å². The molecule has 0 aliphatic carbocycles. The average Bonchev–Trinajstić information content (AvgIpc) is 2.15. The molecule has 1 aromatic rings. The molecule has 0 amide bonds. The van der Waals surface area contributed by atoms with E-state index in [-0.39, 0.29) is 0 Å². The predicted molar refractivity (Wildman–Crippen MR) is 51.3 cm³/mol. The molecule has 2 N–H and O–H groups in total. The summed E-state index contributed by atoms with van der Waals surface area (Å²) >= 11 is 0. The standard InChI is InChI=1S/C10H12N2O/c1-13-10-5-4-9(12)7-8(10)3-2-6-11/h4-5,7H,2-3,12H2,1H3. The lowest BCUT2D eigenvalue weighted by Crippen LogP contribution is -1.94. The van der Waals surface area contributed by atoms with Crippen LogP contribution < -0.4 is 10.5 Å². The molecule has 0 fully saturated rings. The van der Waals surface area contributed by atoms with Crippen molar-refractivity contribution >= 4 is 5.69 Å². The Morgan fingerprint density at radius 3 is 2.92 bits per heavy atom. The lowest BCUT2D eigenvalue weighted by atomic mass is 10.1. The van der Waals surface area contributed by atoms with E-state index >= 15 is 0 Å². The van der Waals surface area contributed by atoms with Gasteiger partial charge in [-0.05, 0) is 30.2 Å². The summed E-state index contributed by atoms with van der Waals surface area (Å²) in [6.45, 7) is 0. The van der Waals surface area contributed by atoms with Crippen molar-refractivity contribution in [3.63, 3.8) is 0 Å². The second kappa shape index (κ2) is 4.36. The van der Waals surface area contributed by atoms with E-state index in [1.165, 1.54) is 0 Å². The zero-order valence-electron chi connectivity index (χ0n) is 7.58. The molecule has 0 radical (unpaired) electrons. The number of hydrogen-bond acceptors (Lipinski definition) is 3. The van der Waals surface area contributed by atoms with Crippen LogP contribution in [-0.4, -0.2) is 7.11 Å². The second-order valence-electron chi connectivity index (χ2n) is 2.73. The van der Waals surface area contributed by atoms with Crippen LogP contribution in [0.1, 0.15) is 12.0 Å². The van der Waals surface area contributed by atoms with Gasteiger partial charge in [0, 0.05) is 12.1 Å². The number of nitriles is 1. The average molecular weight is 176 g/mol. The van der Waals surface area contributed by atoms with Crippen LogP contribution in [0.5, 0.6) is 5.75 Å². The number of aryl methyl sites for hydroxylation is 1. The summed E-state index contributed by atoms with van der Waals surface area (Å²) in [6.07, 6.45) is 1.17. The van der Waals surface area contributed by atoms with Crippen LogP contribution in [0.3, 0.4) is 0 Å². The van der Waals surface area contributed by atoms with Gasteiger partial charge in [-0.25, -0.2) is 0 Å². The fourth-order valence-corrected chi connectivity index (χ4v) is 1.18. The molecule has 0 bridgehead atoms. The largest absolute Gasteiger partial charge is 0.496 e. The van der Waals surface area contributed by atoms with E-state index in [1.807, 2.05) is 12.1 Å². The summed E-state index contributed by atoms with van der Waals surface area (Å²) in [5.74, 6) is 0.796. The fraction of sp³-hybridized carbons (Fsp3) is 0.300. The van der Waals surface area contributed by atoms with E-state index in [4.69, 9.17) is 15.7 Å². The summed E-state index contributed by atoms with van der Waals surface area (Å²) in [4.78, 5) is 0. The fourth-order valence-electron chi connectivity index (χ4n) is 1.18.